The maximum atomic E-state index is 11.9. The van der Waals surface area contributed by atoms with E-state index in [-0.39, 0.29) is 15.7 Å². The maximum Gasteiger partial charge on any atom is 0.340 e. The molecule has 0 fully saturated rings. The van der Waals surface area contributed by atoms with Crippen molar-refractivity contribution in [2.24, 2.45) is 0 Å². The molecule has 0 unspecified atom stereocenters. The number of halogens is 2. The molecule has 0 bridgehead atoms. The Labute approximate surface area is 162 Å². The highest BCUT2D eigenvalue weighted by Gasteiger charge is 2.13. The minimum Gasteiger partial charge on any atom is -0.452 e. The third kappa shape index (κ3) is 5.34. The lowest BCUT2D eigenvalue weighted by Gasteiger charge is -2.21. The van der Waals surface area contributed by atoms with Gasteiger partial charge in [-0.1, -0.05) is 23.2 Å². The van der Waals surface area contributed by atoms with Crippen molar-refractivity contribution in [2.75, 3.05) is 29.9 Å². The van der Waals surface area contributed by atoms with Crippen LogP contribution in [0, 0.1) is 0 Å². The van der Waals surface area contributed by atoms with Crippen LogP contribution in [0.4, 0.5) is 11.4 Å². The molecule has 2 aromatic rings. The first-order chi connectivity index (χ1) is 12.4. The van der Waals surface area contributed by atoms with Crippen molar-refractivity contribution in [3.8, 4) is 0 Å². The van der Waals surface area contributed by atoms with Crippen LogP contribution in [0.2, 0.25) is 10.2 Å². The number of ether oxygens (including phenoxy) is 1. The Kier molecular flexibility index (Phi) is 7.24. The molecular weight excluding hydrogens is 377 g/mol. The Hall–Kier alpha value is -2.31. The van der Waals surface area contributed by atoms with Crippen LogP contribution >= 0.6 is 23.2 Å². The number of hydrogen-bond donors (Lipinski definition) is 1. The van der Waals surface area contributed by atoms with E-state index in [9.17, 15) is 9.59 Å². The number of rotatable bonds is 7. The molecule has 0 spiro atoms. The minimum atomic E-state index is -0.705. The fourth-order valence-electron chi connectivity index (χ4n) is 2.29. The van der Waals surface area contributed by atoms with Gasteiger partial charge in [0.15, 0.2) is 6.61 Å². The van der Waals surface area contributed by atoms with E-state index in [1.54, 1.807) is 12.1 Å². The van der Waals surface area contributed by atoms with Gasteiger partial charge in [-0.25, -0.2) is 9.78 Å². The third-order valence-electron chi connectivity index (χ3n) is 3.65. The Balaban J connectivity index is 1.88. The maximum absolute atomic E-state index is 11.9. The lowest BCUT2D eigenvalue weighted by molar-refractivity contribution is -0.119. The van der Waals surface area contributed by atoms with Gasteiger partial charge in [0.25, 0.3) is 5.91 Å². The molecule has 1 aromatic carbocycles. The fourth-order valence-corrected chi connectivity index (χ4v) is 2.56. The van der Waals surface area contributed by atoms with E-state index in [1.165, 1.54) is 12.3 Å². The smallest absolute Gasteiger partial charge is 0.340 e. The second-order valence-electron chi connectivity index (χ2n) is 5.34. The SMILES string of the molecule is CCN(CC)c1ccc(NC(=O)COC(=O)c2cnc(Cl)c(Cl)c2)cc1. The van der Waals surface area contributed by atoms with Gasteiger partial charge >= 0.3 is 5.97 Å². The zero-order valence-corrected chi connectivity index (χ0v) is 16.0. The van der Waals surface area contributed by atoms with Gasteiger partial charge in [0.05, 0.1) is 10.6 Å². The predicted octanol–water partition coefficient (Wildman–Crippen LogP) is 4.03. The van der Waals surface area contributed by atoms with Crippen LogP contribution in [0.3, 0.4) is 0 Å². The Morgan fingerprint density at radius 1 is 1.15 bits per heavy atom. The number of amides is 1. The van der Waals surface area contributed by atoms with E-state index in [4.69, 9.17) is 27.9 Å². The molecular formula is C18H19Cl2N3O3. The van der Waals surface area contributed by atoms with Crippen LogP contribution in [0.15, 0.2) is 36.5 Å². The van der Waals surface area contributed by atoms with E-state index in [0.717, 1.165) is 18.8 Å². The summed E-state index contributed by atoms with van der Waals surface area (Å²) in [5, 5.41) is 2.90. The first-order valence-electron chi connectivity index (χ1n) is 8.07. The summed E-state index contributed by atoms with van der Waals surface area (Å²) >= 11 is 11.5. The number of aromatic nitrogens is 1. The van der Waals surface area contributed by atoms with Crippen molar-refractivity contribution in [1.82, 2.24) is 4.98 Å². The van der Waals surface area contributed by atoms with Gasteiger partial charge in [-0.15, -0.1) is 0 Å². The molecule has 26 heavy (non-hydrogen) atoms. The number of anilines is 2. The number of hydrogen-bond acceptors (Lipinski definition) is 5. The van der Waals surface area contributed by atoms with Gasteiger partial charge in [0.2, 0.25) is 0 Å². The number of benzene rings is 1. The minimum absolute atomic E-state index is 0.0918. The van der Waals surface area contributed by atoms with Crippen LogP contribution in [0.5, 0.6) is 0 Å². The molecule has 1 heterocycles. The number of nitrogens with zero attached hydrogens (tertiary/aromatic N) is 2. The first-order valence-corrected chi connectivity index (χ1v) is 8.83. The van der Waals surface area contributed by atoms with Gasteiger partial charge in [0, 0.05) is 30.7 Å². The van der Waals surface area contributed by atoms with Crippen molar-refractivity contribution < 1.29 is 14.3 Å². The highest BCUT2D eigenvalue weighted by atomic mass is 35.5. The van der Waals surface area contributed by atoms with Crippen molar-refractivity contribution in [3.05, 3.63) is 52.3 Å². The summed E-state index contributed by atoms with van der Waals surface area (Å²) in [5.74, 6) is -1.15. The summed E-state index contributed by atoms with van der Waals surface area (Å²) in [4.78, 5) is 29.8. The van der Waals surface area contributed by atoms with Crippen molar-refractivity contribution in [1.29, 1.82) is 0 Å². The lowest BCUT2D eigenvalue weighted by Crippen LogP contribution is -2.22. The Morgan fingerprint density at radius 2 is 1.81 bits per heavy atom. The standard InChI is InChI=1S/C18H19Cl2N3O3/c1-3-23(4-2)14-7-5-13(6-8-14)22-16(24)11-26-18(25)12-9-15(19)17(20)21-10-12/h5-10H,3-4,11H2,1-2H3,(H,22,24). The van der Waals surface area contributed by atoms with Gasteiger partial charge in [-0.05, 0) is 44.2 Å². The van der Waals surface area contributed by atoms with Crippen LogP contribution < -0.4 is 10.2 Å². The zero-order chi connectivity index (χ0) is 19.1. The van der Waals surface area contributed by atoms with Crippen molar-refractivity contribution >= 4 is 46.5 Å². The van der Waals surface area contributed by atoms with Gasteiger partial charge in [-0.3, -0.25) is 4.79 Å². The third-order valence-corrected chi connectivity index (χ3v) is 4.33. The van der Waals surface area contributed by atoms with Gasteiger partial charge < -0.3 is 15.0 Å². The molecule has 0 aliphatic carbocycles. The molecule has 1 N–H and O–H groups in total. The molecule has 0 aliphatic heterocycles. The number of carbonyl (C=O) groups excluding carboxylic acids is 2. The molecule has 0 radical (unpaired) electrons. The molecule has 0 aliphatic rings. The highest BCUT2D eigenvalue weighted by molar-refractivity contribution is 6.41. The molecule has 1 aromatic heterocycles. The molecule has 1 amide bonds. The molecule has 8 heteroatoms. The fraction of sp³-hybridized carbons (Fsp3) is 0.278. The summed E-state index contributed by atoms with van der Waals surface area (Å²) in [5.41, 5.74) is 1.82. The van der Waals surface area contributed by atoms with E-state index in [1.807, 2.05) is 12.1 Å². The quantitative estimate of drug-likeness (QED) is 0.565. The number of nitrogens with one attached hydrogen (secondary N) is 1. The van der Waals surface area contributed by atoms with Gasteiger partial charge in [0.1, 0.15) is 5.15 Å². The summed E-state index contributed by atoms with van der Waals surface area (Å²) in [7, 11) is 0. The van der Waals surface area contributed by atoms with Crippen molar-refractivity contribution in [2.45, 2.75) is 13.8 Å². The first kappa shape index (κ1) is 20.0. The molecule has 138 valence electrons. The second kappa shape index (κ2) is 9.40. The lowest BCUT2D eigenvalue weighted by atomic mass is 10.2. The predicted molar refractivity (Wildman–Crippen MR) is 103 cm³/mol. The number of esters is 1. The zero-order valence-electron chi connectivity index (χ0n) is 14.5. The average Bonchev–Trinajstić information content (AvgIpc) is 2.64. The second-order valence-corrected chi connectivity index (χ2v) is 6.11. The molecule has 0 atom stereocenters. The Morgan fingerprint density at radius 3 is 2.38 bits per heavy atom. The van der Waals surface area contributed by atoms with Crippen LogP contribution in [-0.4, -0.2) is 36.6 Å². The van der Waals surface area contributed by atoms with E-state index in [2.05, 4.69) is 29.0 Å². The highest BCUT2D eigenvalue weighted by Crippen LogP contribution is 2.20. The molecule has 2 rings (SSSR count). The summed E-state index contributed by atoms with van der Waals surface area (Å²) in [6.07, 6.45) is 1.24. The van der Waals surface area contributed by atoms with Crippen LogP contribution in [-0.2, 0) is 9.53 Å². The number of pyridine rings is 1. The van der Waals surface area contributed by atoms with Crippen LogP contribution in [0.1, 0.15) is 24.2 Å². The number of carbonyl (C=O) groups is 2. The Bertz CT molecular complexity index is 778. The monoisotopic (exact) mass is 395 g/mol. The average molecular weight is 396 g/mol. The normalized spacial score (nSPS) is 10.3. The molecule has 0 saturated heterocycles. The van der Waals surface area contributed by atoms with E-state index < -0.39 is 18.5 Å². The van der Waals surface area contributed by atoms with Crippen LogP contribution in [0.25, 0.3) is 0 Å². The topological polar surface area (TPSA) is 71.5 Å². The molecule has 6 nitrogen and oxygen atoms in total. The van der Waals surface area contributed by atoms with Crippen molar-refractivity contribution in [3.63, 3.8) is 0 Å². The van der Waals surface area contributed by atoms with E-state index in [0.29, 0.717) is 5.69 Å². The summed E-state index contributed by atoms with van der Waals surface area (Å²) < 4.78 is 4.95. The summed E-state index contributed by atoms with van der Waals surface area (Å²) in [6, 6.07) is 8.79. The molecule has 0 saturated carbocycles. The largest absolute Gasteiger partial charge is 0.452 e. The van der Waals surface area contributed by atoms with Gasteiger partial charge in [-0.2, -0.15) is 0 Å². The summed E-state index contributed by atoms with van der Waals surface area (Å²) in [6.45, 7) is 5.55. The van der Waals surface area contributed by atoms with E-state index >= 15 is 0 Å².